The van der Waals surface area contributed by atoms with Gasteiger partial charge < -0.3 is 0 Å². The lowest BCUT2D eigenvalue weighted by Gasteiger charge is -2.01. The third-order valence-corrected chi connectivity index (χ3v) is 1.80. The number of rotatable bonds is 1. The van der Waals surface area contributed by atoms with Crippen LogP contribution >= 0.6 is 0 Å². The van der Waals surface area contributed by atoms with Crippen LogP contribution in [0.15, 0.2) is 23.3 Å². The van der Waals surface area contributed by atoms with E-state index >= 15 is 0 Å². The Labute approximate surface area is 81.0 Å². The Hall–Kier alpha value is -2.05. The Morgan fingerprint density at radius 3 is 2.27 bits per heavy atom. The monoisotopic (exact) mass is 215 g/mol. The molecule has 1 heterocycles. The molecule has 0 unspecified atom stereocenters. The van der Waals surface area contributed by atoms with E-state index in [0.717, 1.165) is 10.9 Å². The third-order valence-electron chi connectivity index (χ3n) is 1.80. The average Bonchev–Trinajstić information content (AvgIpc) is 2.60. The number of benzene rings is 1. The number of aromatic amines is 1. The van der Waals surface area contributed by atoms with Gasteiger partial charge in [-0.1, -0.05) is 0 Å². The number of halogens is 3. The van der Waals surface area contributed by atoms with Crippen LogP contribution in [0.1, 0.15) is 0 Å². The third kappa shape index (κ3) is 1.51. The highest BCUT2D eigenvalue weighted by molar-refractivity contribution is 5.32. The van der Waals surface area contributed by atoms with Crippen LogP contribution in [0.4, 0.5) is 13.2 Å². The second-order valence-corrected chi connectivity index (χ2v) is 2.75. The second kappa shape index (κ2) is 3.26. The van der Waals surface area contributed by atoms with Gasteiger partial charge in [-0.25, -0.2) is 27.6 Å². The molecule has 0 amide bonds. The Morgan fingerprint density at radius 2 is 1.80 bits per heavy atom. The van der Waals surface area contributed by atoms with Crippen LogP contribution in [0, 0.1) is 17.5 Å². The predicted octanol–water partition coefficient (Wildman–Crippen LogP) is 0.978. The zero-order valence-corrected chi connectivity index (χ0v) is 7.17. The molecule has 0 aliphatic carbocycles. The molecule has 7 heteroatoms. The van der Waals surface area contributed by atoms with Gasteiger partial charge in [0.15, 0.2) is 17.5 Å². The fraction of sp³-hybridized carbons (Fsp3) is 0. The lowest BCUT2D eigenvalue weighted by molar-refractivity contribution is 0.446. The summed E-state index contributed by atoms with van der Waals surface area (Å²) in [4.78, 5) is 11.0. The molecule has 0 spiro atoms. The van der Waals surface area contributed by atoms with Crippen LogP contribution in [-0.2, 0) is 0 Å². The van der Waals surface area contributed by atoms with Gasteiger partial charge in [0, 0.05) is 12.1 Å². The van der Waals surface area contributed by atoms with Gasteiger partial charge >= 0.3 is 5.69 Å². The fourth-order valence-electron chi connectivity index (χ4n) is 1.11. The molecule has 0 saturated carbocycles. The molecule has 2 aromatic rings. The Morgan fingerprint density at radius 1 is 1.20 bits per heavy atom. The highest BCUT2D eigenvalue weighted by atomic mass is 19.2. The standard InChI is InChI=1S/C8H4F3N3O/c9-5-1-4(2-6(10)7(5)11)14-3-12-13-8(14)15/h1-3H,(H,13,15). The highest BCUT2D eigenvalue weighted by Gasteiger charge is 2.12. The first-order chi connectivity index (χ1) is 7.09. The molecule has 1 aromatic carbocycles. The van der Waals surface area contributed by atoms with Gasteiger partial charge in [0.25, 0.3) is 0 Å². The van der Waals surface area contributed by atoms with Crippen LogP contribution in [0.3, 0.4) is 0 Å². The Balaban J connectivity index is 2.66. The second-order valence-electron chi connectivity index (χ2n) is 2.75. The molecule has 1 N–H and O–H groups in total. The minimum atomic E-state index is -1.57. The van der Waals surface area contributed by atoms with Crippen molar-refractivity contribution < 1.29 is 13.2 Å². The first kappa shape index (κ1) is 9.50. The van der Waals surface area contributed by atoms with Gasteiger partial charge in [-0.3, -0.25) is 0 Å². The minimum absolute atomic E-state index is 0.134. The molecular weight excluding hydrogens is 211 g/mol. The molecule has 0 radical (unpaired) electrons. The van der Waals surface area contributed by atoms with Crippen LogP contribution in [-0.4, -0.2) is 14.8 Å². The molecule has 0 fully saturated rings. The zero-order valence-electron chi connectivity index (χ0n) is 7.17. The van der Waals surface area contributed by atoms with Crippen LogP contribution in [0.25, 0.3) is 5.69 Å². The largest absolute Gasteiger partial charge is 0.347 e. The summed E-state index contributed by atoms with van der Waals surface area (Å²) in [7, 11) is 0. The number of hydrogen-bond donors (Lipinski definition) is 1. The van der Waals surface area contributed by atoms with E-state index in [1.54, 1.807) is 0 Å². The van der Waals surface area contributed by atoms with E-state index in [1.165, 1.54) is 0 Å². The molecule has 0 aliphatic heterocycles. The molecule has 1 aromatic heterocycles. The number of hydrogen-bond acceptors (Lipinski definition) is 2. The number of nitrogens with zero attached hydrogens (tertiary/aromatic N) is 2. The van der Waals surface area contributed by atoms with Gasteiger partial charge in [0.05, 0.1) is 5.69 Å². The van der Waals surface area contributed by atoms with Crippen molar-refractivity contribution in [3.8, 4) is 5.69 Å². The molecule has 4 nitrogen and oxygen atoms in total. The summed E-state index contributed by atoms with van der Waals surface area (Å²) < 4.78 is 39.1. The van der Waals surface area contributed by atoms with E-state index in [-0.39, 0.29) is 5.69 Å². The quantitative estimate of drug-likeness (QED) is 0.721. The first-order valence-corrected chi connectivity index (χ1v) is 3.86. The van der Waals surface area contributed by atoms with E-state index < -0.39 is 23.1 Å². The van der Waals surface area contributed by atoms with Crippen molar-refractivity contribution in [2.45, 2.75) is 0 Å². The lowest BCUT2D eigenvalue weighted by atomic mass is 10.3. The summed E-state index contributed by atoms with van der Waals surface area (Å²) in [5.41, 5.74) is -0.800. The maximum atomic E-state index is 12.8. The summed E-state index contributed by atoms with van der Waals surface area (Å²) in [5, 5.41) is 5.41. The van der Waals surface area contributed by atoms with Crippen LogP contribution in [0.2, 0.25) is 0 Å². The van der Waals surface area contributed by atoms with E-state index in [0.29, 0.717) is 12.1 Å². The molecule has 0 atom stereocenters. The van der Waals surface area contributed by atoms with Crippen molar-refractivity contribution in [1.82, 2.24) is 14.8 Å². The number of nitrogens with one attached hydrogen (secondary N) is 1. The molecule has 0 saturated heterocycles. The fourth-order valence-corrected chi connectivity index (χ4v) is 1.11. The van der Waals surface area contributed by atoms with Crippen molar-refractivity contribution in [1.29, 1.82) is 0 Å². The average molecular weight is 215 g/mol. The predicted molar refractivity (Wildman–Crippen MR) is 44.1 cm³/mol. The van der Waals surface area contributed by atoms with E-state index in [4.69, 9.17) is 0 Å². The van der Waals surface area contributed by atoms with E-state index in [9.17, 15) is 18.0 Å². The summed E-state index contributed by atoms with van der Waals surface area (Å²) >= 11 is 0. The summed E-state index contributed by atoms with van der Waals surface area (Å²) in [6.45, 7) is 0. The molecule has 0 aliphatic rings. The normalized spacial score (nSPS) is 10.6. The van der Waals surface area contributed by atoms with Gasteiger partial charge in [-0.15, -0.1) is 0 Å². The maximum absolute atomic E-state index is 12.8. The number of aromatic nitrogens is 3. The van der Waals surface area contributed by atoms with Crippen molar-refractivity contribution in [3.05, 3.63) is 46.4 Å². The number of H-pyrrole nitrogens is 1. The molecule has 0 bridgehead atoms. The summed E-state index contributed by atoms with van der Waals surface area (Å²) in [6, 6.07) is 1.41. The first-order valence-electron chi connectivity index (χ1n) is 3.86. The SMILES string of the molecule is O=c1[nH]ncn1-c1cc(F)c(F)c(F)c1. The van der Waals surface area contributed by atoms with Crippen molar-refractivity contribution in [3.63, 3.8) is 0 Å². The van der Waals surface area contributed by atoms with Crippen molar-refractivity contribution in [2.75, 3.05) is 0 Å². The van der Waals surface area contributed by atoms with E-state index in [1.807, 2.05) is 5.10 Å². The minimum Gasteiger partial charge on any atom is -0.250 e. The zero-order chi connectivity index (χ0) is 11.0. The highest BCUT2D eigenvalue weighted by Crippen LogP contribution is 2.15. The summed E-state index contributed by atoms with van der Waals surface area (Å²) in [6.07, 6.45) is 1.04. The van der Waals surface area contributed by atoms with Crippen LogP contribution < -0.4 is 5.69 Å². The Kier molecular flexibility index (Phi) is 2.07. The lowest BCUT2D eigenvalue weighted by Crippen LogP contribution is -2.14. The molecule has 78 valence electrons. The molecule has 15 heavy (non-hydrogen) atoms. The smallest absolute Gasteiger partial charge is 0.250 e. The van der Waals surface area contributed by atoms with Gasteiger partial charge in [-0.2, -0.15) is 5.10 Å². The van der Waals surface area contributed by atoms with E-state index in [2.05, 4.69) is 5.10 Å². The van der Waals surface area contributed by atoms with Gasteiger partial charge in [-0.05, 0) is 0 Å². The van der Waals surface area contributed by atoms with Crippen molar-refractivity contribution in [2.24, 2.45) is 0 Å². The molecule has 2 rings (SSSR count). The maximum Gasteiger partial charge on any atom is 0.347 e. The van der Waals surface area contributed by atoms with Gasteiger partial charge in [0.1, 0.15) is 6.33 Å². The topological polar surface area (TPSA) is 50.7 Å². The van der Waals surface area contributed by atoms with Crippen molar-refractivity contribution >= 4 is 0 Å². The Bertz CT molecular complexity index is 537. The van der Waals surface area contributed by atoms with Crippen LogP contribution in [0.5, 0.6) is 0 Å². The van der Waals surface area contributed by atoms with Gasteiger partial charge in [0.2, 0.25) is 0 Å². The summed E-state index contributed by atoms with van der Waals surface area (Å²) in [5.74, 6) is -4.30. The molecular formula is C8H4F3N3O.